The van der Waals surface area contributed by atoms with Gasteiger partial charge in [0.15, 0.2) is 0 Å². The highest BCUT2D eigenvalue weighted by Crippen LogP contribution is 2.22. The summed E-state index contributed by atoms with van der Waals surface area (Å²) in [4.78, 5) is 7.54. The molecule has 1 atom stereocenters. The molecule has 0 aliphatic rings. The second-order valence-electron chi connectivity index (χ2n) is 4.34. The lowest BCUT2D eigenvalue weighted by Crippen LogP contribution is -2.14. The molecule has 0 aliphatic heterocycles. The molecule has 0 radical (unpaired) electrons. The smallest absolute Gasteiger partial charge is 0.139 e. The van der Waals surface area contributed by atoms with Crippen molar-refractivity contribution in [3.05, 3.63) is 28.2 Å². The number of nitrogens with two attached hydrogens (primary N) is 1. The zero-order chi connectivity index (χ0) is 12.4. The van der Waals surface area contributed by atoms with Crippen LogP contribution in [-0.2, 0) is 6.42 Å². The first kappa shape index (κ1) is 12.5. The number of nitrogens with zero attached hydrogens (tertiary/aromatic N) is 1. The minimum Gasteiger partial charge on any atom is -0.342 e. The zero-order valence-corrected chi connectivity index (χ0v) is 11.2. The number of benzene rings is 1. The first-order chi connectivity index (χ1) is 8.06. The van der Waals surface area contributed by atoms with Gasteiger partial charge in [-0.25, -0.2) is 9.37 Å². The number of imidazole rings is 1. The molecule has 2 rings (SSSR count). The molecule has 3 N–H and O–H groups in total. The molecule has 2 aromatic rings. The molecule has 0 saturated carbocycles. The fourth-order valence-electron chi connectivity index (χ4n) is 1.77. The van der Waals surface area contributed by atoms with E-state index in [4.69, 9.17) is 5.73 Å². The molecule has 3 nitrogen and oxygen atoms in total. The van der Waals surface area contributed by atoms with Gasteiger partial charge >= 0.3 is 0 Å². The van der Waals surface area contributed by atoms with Crippen molar-refractivity contribution < 1.29 is 4.39 Å². The number of halogens is 2. The number of fused-ring (bicyclic) bond motifs is 1. The van der Waals surface area contributed by atoms with E-state index in [0.717, 1.165) is 36.1 Å². The van der Waals surface area contributed by atoms with E-state index >= 15 is 0 Å². The summed E-state index contributed by atoms with van der Waals surface area (Å²) >= 11 is 3.15. The van der Waals surface area contributed by atoms with Crippen LogP contribution in [0.2, 0.25) is 0 Å². The Balaban J connectivity index is 2.14. The maximum absolute atomic E-state index is 13.3. The molecule has 1 heterocycles. The third kappa shape index (κ3) is 3.04. The van der Waals surface area contributed by atoms with E-state index in [1.807, 2.05) is 6.92 Å². The van der Waals surface area contributed by atoms with E-state index in [1.54, 1.807) is 6.07 Å². The van der Waals surface area contributed by atoms with Crippen LogP contribution in [0.25, 0.3) is 11.0 Å². The maximum Gasteiger partial charge on any atom is 0.139 e. The van der Waals surface area contributed by atoms with E-state index in [-0.39, 0.29) is 11.9 Å². The zero-order valence-electron chi connectivity index (χ0n) is 9.63. The number of hydrogen-bond acceptors (Lipinski definition) is 2. The van der Waals surface area contributed by atoms with E-state index in [9.17, 15) is 4.39 Å². The summed E-state index contributed by atoms with van der Waals surface area (Å²) in [7, 11) is 0. The normalized spacial score (nSPS) is 13.2. The number of aromatic nitrogens is 2. The van der Waals surface area contributed by atoms with Crippen molar-refractivity contribution in [3.8, 4) is 0 Å². The molecule has 0 aliphatic carbocycles. The minimum atomic E-state index is -0.275. The van der Waals surface area contributed by atoms with Gasteiger partial charge in [0.25, 0.3) is 0 Å². The molecule has 5 heteroatoms. The molecule has 1 aromatic carbocycles. The second kappa shape index (κ2) is 5.14. The molecule has 92 valence electrons. The van der Waals surface area contributed by atoms with Crippen molar-refractivity contribution in [3.63, 3.8) is 0 Å². The maximum atomic E-state index is 13.3. The summed E-state index contributed by atoms with van der Waals surface area (Å²) in [6.07, 6.45) is 2.80. The molecule has 0 spiro atoms. The van der Waals surface area contributed by atoms with Crippen LogP contribution in [0.15, 0.2) is 16.6 Å². The van der Waals surface area contributed by atoms with E-state index < -0.39 is 0 Å². The number of hydrogen-bond donors (Lipinski definition) is 2. The summed E-state index contributed by atoms with van der Waals surface area (Å²) in [5.74, 6) is 0.612. The summed E-state index contributed by atoms with van der Waals surface area (Å²) in [6, 6.07) is 3.36. The first-order valence-electron chi connectivity index (χ1n) is 5.65. The van der Waals surface area contributed by atoms with E-state index in [2.05, 4.69) is 25.9 Å². The Morgan fingerprint density at radius 1 is 1.53 bits per heavy atom. The van der Waals surface area contributed by atoms with Gasteiger partial charge in [-0.1, -0.05) is 0 Å². The SMILES string of the molecule is CC(N)CCCc1nc2cc(Br)c(F)cc2[nH]1. The molecule has 0 fully saturated rings. The van der Waals surface area contributed by atoms with Crippen LogP contribution in [-0.4, -0.2) is 16.0 Å². The predicted molar refractivity (Wildman–Crippen MR) is 70.3 cm³/mol. The van der Waals surface area contributed by atoms with Gasteiger partial charge in [0.2, 0.25) is 0 Å². The summed E-state index contributed by atoms with van der Waals surface area (Å²) < 4.78 is 13.7. The summed E-state index contributed by atoms with van der Waals surface area (Å²) in [6.45, 7) is 1.99. The monoisotopic (exact) mass is 299 g/mol. The van der Waals surface area contributed by atoms with Gasteiger partial charge in [-0.05, 0) is 41.8 Å². The third-order valence-electron chi connectivity index (χ3n) is 2.65. The first-order valence-corrected chi connectivity index (χ1v) is 6.45. The number of aromatic amines is 1. The largest absolute Gasteiger partial charge is 0.342 e. The third-order valence-corrected chi connectivity index (χ3v) is 3.25. The van der Waals surface area contributed by atoms with Crippen molar-refractivity contribution >= 4 is 27.0 Å². The predicted octanol–water partition coefficient (Wildman–Crippen LogP) is 3.13. The van der Waals surface area contributed by atoms with Gasteiger partial charge in [0.1, 0.15) is 11.6 Å². The van der Waals surface area contributed by atoms with Crippen molar-refractivity contribution in [1.82, 2.24) is 9.97 Å². The van der Waals surface area contributed by atoms with Crippen molar-refractivity contribution in [2.75, 3.05) is 0 Å². The van der Waals surface area contributed by atoms with Crippen LogP contribution in [0.1, 0.15) is 25.6 Å². The van der Waals surface area contributed by atoms with Gasteiger partial charge in [-0.15, -0.1) is 0 Å². The van der Waals surface area contributed by atoms with E-state index in [1.165, 1.54) is 6.07 Å². The quantitative estimate of drug-likeness (QED) is 0.911. The van der Waals surface area contributed by atoms with E-state index in [0.29, 0.717) is 4.47 Å². The Bertz CT molecular complexity index is 483. The Labute approximate surface area is 108 Å². The Morgan fingerprint density at radius 3 is 3.00 bits per heavy atom. The van der Waals surface area contributed by atoms with Gasteiger partial charge in [-0.3, -0.25) is 0 Å². The minimum absolute atomic E-state index is 0.214. The van der Waals surface area contributed by atoms with Crippen LogP contribution in [0.5, 0.6) is 0 Å². The standard InChI is InChI=1S/C12H15BrFN3/c1-7(15)3-2-4-12-16-10-5-8(13)9(14)6-11(10)17-12/h5-7H,2-4,15H2,1H3,(H,16,17). The lowest BCUT2D eigenvalue weighted by Gasteiger charge is -2.01. The molecule has 17 heavy (non-hydrogen) atoms. The molecular formula is C12H15BrFN3. The number of nitrogens with one attached hydrogen (secondary N) is 1. The molecule has 1 aromatic heterocycles. The fraction of sp³-hybridized carbons (Fsp3) is 0.417. The highest BCUT2D eigenvalue weighted by molar-refractivity contribution is 9.10. The summed E-state index contributed by atoms with van der Waals surface area (Å²) in [5.41, 5.74) is 7.21. The summed E-state index contributed by atoms with van der Waals surface area (Å²) in [5, 5.41) is 0. The Kier molecular flexibility index (Phi) is 3.79. The van der Waals surface area contributed by atoms with Gasteiger partial charge in [0, 0.05) is 18.5 Å². The van der Waals surface area contributed by atoms with Crippen LogP contribution in [0.4, 0.5) is 4.39 Å². The fourth-order valence-corrected chi connectivity index (χ4v) is 2.10. The number of H-pyrrole nitrogens is 1. The van der Waals surface area contributed by atoms with Gasteiger partial charge < -0.3 is 10.7 Å². The second-order valence-corrected chi connectivity index (χ2v) is 5.19. The Morgan fingerprint density at radius 2 is 2.29 bits per heavy atom. The van der Waals surface area contributed by atoms with Crippen LogP contribution >= 0.6 is 15.9 Å². The number of aryl methyl sites for hydroxylation is 1. The lowest BCUT2D eigenvalue weighted by molar-refractivity contribution is 0.616. The number of rotatable bonds is 4. The molecule has 1 unspecified atom stereocenters. The van der Waals surface area contributed by atoms with Crippen molar-refractivity contribution in [2.24, 2.45) is 5.73 Å². The topological polar surface area (TPSA) is 54.7 Å². The van der Waals surface area contributed by atoms with Gasteiger partial charge in [-0.2, -0.15) is 0 Å². The van der Waals surface area contributed by atoms with Crippen molar-refractivity contribution in [1.29, 1.82) is 0 Å². The van der Waals surface area contributed by atoms with Crippen molar-refractivity contribution in [2.45, 2.75) is 32.2 Å². The Hall–Kier alpha value is -0.940. The van der Waals surface area contributed by atoms with Gasteiger partial charge in [0.05, 0.1) is 15.5 Å². The molecule has 0 bridgehead atoms. The highest BCUT2D eigenvalue weighted by atomic mass is 79.9. The van der Waals surface area contributed by atoms with Crippen LogP contribution in [0, 0.1) is 5.82 Å². The van der Waals surface area contributed by atoms with Crippen LogP contribution < -0.4 is 5.73 Å². The molecule has 0 saturated heterocycles. The molecule has 0 amide bonds. The lowest BCUT2D eigenvalue weighted by atomic mass is 10.1. The molecular weight excluding hydrogens is 285 g/mol. The average molecular weight is 300 g/mol. The average Bonchev–Trinajstić information content (AvgIpc) is 2.60. The van der Waals surface area contributed by atoms with Crippen LogP contribution in [0.3, 0.4) is 0 Å². The highest BCUT2D eigenvalue weighted by Gasteiger charge is 2.07.